The van der Waals surface area contributed by atoms with Gasteiger partial charge < -0.3 is 18.9 Å². The lowest BCUT2D eigenvalue weighted by atomic mass is 10.1. The fourth-order valence-corrected chi connectivity index (χ4v) is 2.73. The van der Waals surface area contributed by atoms with Crippen molar-refractivity contribution >= 4 is 11.9 Å². The predicted octanol–water partition coefficient (Wildman–Crippen LogP) is 3.54. The van der Waals surface area contributed by atoms with E-state index in [0.717, 1.165) is 5.56 Å². The first-order chi connectivity index (χ1) is 12.7. The van der Waals surface area contributed by atoms with Gasteiger partial charge in [0.1, 0.15) is 17.5 Å². The standard InChI is InChI=1S/C21H28O6/c1-15(22)25-19(14-24-13-16-8-6-5-7-9-16)18-11-10-17(26-18)12-20(23)27-21(2,3)4/h5-9,12,18-19H,10-11,13-14H2,1-4H3/b17-12-/t18-,19-/m1/s1. The van der Waals surface area contributed by atoms with Crippen LogP contribution >= 0.6 is 0 Å². The average Bonchev–Trinajstić information content (AvgIpc) is 3.01. The molecular weight excluding hydrogens is 348 g/mol. The van der Waals surface area contributed by atoms with Gasteiger partial charge in [-0.25, -0.2) is 4.79 Å². The van der Waals surface area contributed by atoms with Crippen molar-refractivity contribution in [3.05, 3.63) is 47.7 Å². The molecule has 0 aromatic heterocycles. The van der Waals surface area contributed by atoms with Crippen molar-refractivity contribution in [1.29, 1.82) is 0 Å². The zero-order chi connectivity index (χ0) is 19.9. The van der Waals surface area contributed by atoms with Gasteiger partial charge in [-0.05, 0) is 32.8 Å². The predicted molar refractivity (Wildman–Crippen MR) is 99.7 cm³/mol. The van der Waals surface area contributed by atoms with E-state index in [-0.39, 0.29) is 12.7 Å². The van der Waals surface area contributed by atoms with Crippen molar-refractivity contribution in [2.24, 2.45) is 0 Å². The van der Waals surface area contributed by atoms with Crippen LogP contribution in [0.4, 0.5) is 0 Å². The zero-order valence-electron chi connectivity index (χ0n) is 16.4. The first-order valence-electron chi connectivity index (χ1n) is 9.12. The van der Waals surface area contributed by atoms with E-state index in [1.807, 2.05) is 51.1 Å². The van der Waals surface area contributed by atoms with Gasteiger partial charge >= 0.3 is 11.9 Å². The van der Waals surface area contributed by atoms with Crippen LogP contribution < -0.4 is 0 Å². The summed E-state index contributed by atoms with van der Waals surface area (Å²) in [7, 11) is 0. The molecule has 27 heavy (non-hydrogen) atoms. The van der Waals surface area contributed by atoms with Crippen LogP contribution in [0.25, 0.3) is 0 Å². The summed E-state index contributed by atoms with van der Waals surface area (Å²) in [5.74, 6) is -0.298. The number of esters is 2. The maximum Gasteiger partial charge on any atom is 0.334 e. The van der Waals surface area contributed by atoms with E-state index in [0.29, 0.717) is 25.2 Å². The number of rotatable bonds is 7. The molecule has 148 valence electrons. The normalized spacial score (nSPS) is 19.4. The summed E-state index contributed by atoms with van der Waals surface area (Å²) >= 11 is 0. The van der Waals surface area contributed by atoms with Crippen molar-refractivity contribution in [2.45, 2.75) is 65.0 Å². The third kappa shape index (κ3) is 7.83. The van der Waals surface area contributed by atoms with E-state index in [1.54, 1.807) is 0 Å². The highest BCUT2D eigenvalue weighted by atomic mass is 16.6. The number of hydrogen-bond acceptors (Lipinski definition) is 6. The fraction of sp³-hybridized carbons (Fsp3) is 0.524. The van der Waals surface area contributed by atoms with Gasteiger partial charge in [0.05, 0.1) is 19.3 Å². The fourth-order valence-electron chi connectivity index (χ4n) is 2.73. The average molecular weight is 376 g/mol. The summed E-state index contributed by atoms with van der Waals surface area (Å²) in [4.78, 5) is 23.3. The van der Waals surface area contributed by atoms with Gasteiger partial charge in [0, 0.05) is 13.3 Å². The summed E-state index contributed by atoms with van der Waals surface area (Å²) in [5, 5.41) is 0. The summed E-state index contributed by atoms with van der Waals surface area (Å²) in [6, 6.07) is 9.76. The molecule has 6 nitrogen and oxygen atoms in total. The van der Waals surface area contributed by atoms with Gasteiger partial charge in [0.25, 0.3) is 0 Å². The molecule has 0 N–H and O–H groups in total. The van der Waals surface area contributed by atoms with Crippen LogP contribution in [-0.2, 0) is 35.1 Å². The summed E-state index contributed by atoms with van der Waals surface area (Å²) in [6.45, 7) is 7.43. The van der Waals surface area contributed by atoms with Gasteiger partial charge in [0.2, 0.25) is 0 Å². The Morgan fingerprint density at radius 3 is 2.59 bits per heavy atom. The molecule has 1 aromatic carbocycles. The summed E-state index contributed by atoms with van der Waals surface area (Å²) in [6.07, 6.45) is 1.71. The topological polar surface area (TPSA) is 71.1 Å². The third-order valence-electron chi connectivity index (χ3n) is 3.79. The smallest absolute Gasteiger partial charge is 0.334 e. The van der Waals surface area contributed by atoms with Crippen LogP contribution in [-0.4, -0.2) is 36.4 Å². The molecule has 0 unspecified atom stereocenters. The number of hydrogen-bond donors (Lipinski definition) is 0. The Hall–Kier alpha value is -2.34. The van der Waals surface area contributed by atoms with Crippen LogP contribution in [0, 0.1) is 0 Å². The van der Waals surface area contributed by atoms with E-state index in [9.17, 15) is 9.59 Å². The Morgan fingerprint density at radius 2 is 1.96 bits per heavy atom. The molecule has 1 fully saturated rings. The molecule has 2 atom stereocenters. The molecule has 1 saturated heterocycles. The van der Waals surface area contributed by atoms with Crippen molar-refractivity contribution in [2.75, 3.05) is 6.61 Å². The SMILES string of the molecule is CC(=O)O[C@H](COCc1ccccc1)[C@H]1CC/C(=C/C(=O)OC(C)(C)C)O1. The lowest BCUT2D eigenvalue weighted by Gasteiger charge is -2.23. The number of carbonyl (C=O) groups is 2. The molecule has 0 amide bonds. The van der Waals surface area contributed by atoms with Gasteiger partial charge in [-0.15, -0.1) is 0 Å². The van der Waals surface area contributed by atoms with Crippen molar-refractivity contribution in [3.63, 3.8) is 0 Å². The Bertz CT molecular complexity index is 659. The highest BCUT2D eigenvalue weighted by Crippen LogP contribution is 2.27. The van der Waals surface area contributed by atoms with Gasteiger partial charge in [-0.2, -0.15) is 0 Å². The van der Waals surface area contributed by atoms with Gasteiger partial charge in [-0.1, -0.05) is 30.3 Å². The van der Waals surface area contributed by atoms with E-state index in [1.165, 1.54) is 13.0 Å². The second kappa shape index (κ2) is 9.55. The van der Waals surface area contributed by atoms with Crippen molar-refractivity contribution in [1.82, 2.24) is 0 Å². The van der Waals surface area contributed by atoms with Crippen LogP contribution in [0.15, 0.2) is 42.2 Å². The molecule has 0 saturated carbocycles. The third-order valence-corrected chi connectivity index (χ3v) is 3.79. The number of allylic oxidation sites excluding steroid dienone is 1. The quantitative estimate of drug-likeness (QED) is 0.535. The van der Waals surface area contributed by atoms with Gasteiger partial charge in [-0.3, -0.25) is 4.79 Å². The van der Waals surface area contributed by atoms with E-state index >= 15 is 0 Å². The highest BCUT2D eigenvalue weighted by molar-refractivity contribution is 5.82. The Morgan fingerprint density at radius 1 is 1.26 bits per heavy atom. The maximum atomic E-state index is 11.9. The minimum Gasteiger partial charge on any atom is -0.491 e. The molecule has 2 rings (SSSR count). The Kier molecular flexibility index (Phi) is 7.42. The lowest BCUT2D eigenvalue weighted by molar-refractivity contribution is -0.157. The molecular formula is C21H28O6. The number of ether oxygens (including phenoxy) is 4. The second-order valence-corrected chi connectivity index (χ2v) is 7.49. The molecule has 0 radical (unpaired) electrons. The minimum atomic E-state index is -0.558. The van der Waals surface area contributed by atoms with Crippen LogP contribution in [0.2, 0.25) is 0 Å². The van der Waals surface area contributed by atoms with Crippen LogP contribution in [0.3, 0.4) is 0 Å². The molecule has 0 spiro atoms. The molecule has 1 aliphatic rings. The minimum absolute atomic E-state index is 0.221. The largest absolute Gasteiger partial charge is 0.491 e. The molecule has 1 aliphatic heterocycles. The van der Waals surface area contributed by atoms with Crippen LogP contribution in [0.1, 0.15) is 46.1 Å². The zero-order valence-corrected chi connectivity index (χ0v) is 16.4. The molecule has 6 heteroatoms. The summed E-state index contributed by atoms with van der Waals surface area (Å²) in [5.41, 5.74) is 0.481. The van der Waals surface area contributed by atoms with Gasteiger partial charge in [0.15, 0.2) is 6.10 Å². The number of benzene rings is 1. The Labute approximate surface area is 160 Å². The second-order valence-electron chi connectivity index (χ2n) is 7.49. The van der Waals surface area contributed by atoms with E-state index < -0.39 is 23.6 Å². The van der Waals surface area contributed by atoms with Crippen molar-refractivity contribution in [3.8, 4) is 0 Å². The summed E-state index contributed by atoms with van der Waals surface area (Å²) < 4.78 is 22.2. The molecule has 0 aliphatic carbocycles. The number of carbonyl (C=O) groups excluding carboxylic acids is 2. The monoisotopic (exact) mass is 376 g/mol. The first-order valence-corrected chi connectivity index (χ1v) is 9.12. The Balaban J connectivity index is 1.90. The molecule has 1 aromatic rings. The first kappa shape index (κ1) is 21.0. The molecule has 0 bridgehead atoms. The maximum absolute atomic E-state index is 11.9. The highest BCUT2D eigenvalue weighted by Gasteiger charge is 2.32. The van der Waals surface area contributed by atoms with Crippen LogP contribution in [0.5, 0.6) is 0 Å². The van der Waals surface area contributed by atoms with E-state index in [2.05, 4.69) is 0 Å². The molecule has 1 heterocycles. The van der Waals surface area contributed by atoms with Crippen molar-refractivity contribution < 1.29 is 28.5 Å². The van der Waals surface area contributed by atoms with E-state index in [4.69, 9.17) is 18.9 Å². The lowest BCUT2D eigenvalue weighted by Crippen LogP contribution is -2.34.